The van der Waals surface area contributed by atoms with Crippen LogP contribution in [0.2, 0.25) is 0 Å². The molecule has 9 heteroatoms. The Morgan fingerprint density at radius 1 is 0.584 bits per heavy atom. The molecule has 4 N–H and O–H groups in total. The summed E-state index contributed by atoms with van der Waals surface area (Å²) >= 11 is 0. The number of rotatable bonds is 3. The molecular formula is C68H135N7O2. The van der Waals surface area contributed by atoms with Gasteiger partial charge in [-0.05, 0) is 266 Å². The summed E-state index contributed by atoms with van der Waals surface area (Å²) in [7, 11) is 8.78. The molecule has 10 rings (SSSR count). The van der Waals surface area contributed by atoms with E-state index < -0.39 is 0 Å². The van der Waals surface area contributed by atoms with Crippen LogP contribution in [0.15, 0.2) is 18.2 Å². The van der Waals surface area contributed by atoms with Crippen LogP contribution in [-0.4, -0.2) is 121 Å². The van der Waals surface area contributed by atoms with Crippen molar-refractivity contribution in [3.8, 4) is 0 Å². The molecule has 0 amide bonds. The molecule has 2 saturated carbocycles. The predicted octanol–water partition coefficient (Wildman–Crippen LogP) is 17.3. The minimum absolute atomic E-state index is 0. The van der Waals surface area contributed by atoms with Gasteiger partial charge in [-0.25, -0.2) is 0 Å². The van der Waals surface area contributed by atoms with E-state index in [-0.39, 0.29) is 44.4 Å². The van der Waals surface area contributed by atoms with Gasteiger partial charge in [-0.2, -0.15) is 10.1 Å². The van der Waals surface area contributed by atoms with E-state index in [1.165, 1.54) is 99.7 Å². The zero-order valence-electron chi connectivity index (χ0n) is 53.8. The Bertz CT molecular complexity index is 1950. The van der Waals surface area contributed by atoms with Crippen LogP contribution in [0.25, 0.3) is 0 Å². The van der Waals surface area contributed by atoms with E-state index >= 15 is 0 Å². The fourth-order valence-corrected chi connectivity index (χ4v) is 17.0. The zero-order valence-corrected chi connectivity index (χ0v) is 53.8. The van der Waals surface area contributed by atoms with Crippen molar-refractivity contribution in [3.63, 3.8) is 0 Å². The maximum absolute atomic E-state index is 10.3. The number of nitrogens with one attached hydrogen (secondary N) is 2. The summed E-state index contributed by atoms with van der Waals surface area (Å²) < 4.78 is 0. The molecule has 6 atom stereocenters. The van der Waals surface area contributed by atoms with Crippen molar-refractivity contribution in [1.82, 2.24) is 30.1 Å². The summed E-state index contributed by atoms with van der Waals surface area (Å²) in [6, 6.07) is 9.19. The molecule has 6 saturated heterocycles. The van der Waals surface area contributed by atoms with E-state index in [2.05, 4.69) is 196 Å². The van der Waals surface area contributed by atoms with Crippen LogP contribution in [0.4, 0.5) is 5.69 Å². The van der Waals surface area contributed by atoms with Crippen molar-refractivity contribution in [1.29, 1.82) is 0 Å². The maximum atomic E-state index is 10.3. The molecule has 9 nitrogen and oxygen atoms in total. The van der Waals surface area contributed by atoms with Crippen LogP contribution in [0, 0.1) is 40.4 Å². The SMILES string of the molecule is C.C.C.CCC1C2CC3CC1CC(C)(C2)N3O.CN1C(C)(C)CC(C(C)(C)C)C1(C)C.CN1C(C)(C)CC(C(C)(C)C)CC1(C)C.CN1C2CCC[C@H]1CC(NC(C)(C)C)C2.CNc1ccc2c(c1)C(C)(C)N(O)C2(C)C. The van der Waals surface area contributed by atoms with Crippen molar-refractivity contribution in [2.45, 2.75) is 333 Å². The van der Waals surface area contributed by atoms with E-state index in [4.69, 9.17) is 0 Å². The normalized spacial score (nSPS) is 33.6. The Hall–Kier alpha value is -1.30. The van der Waals surface area contributed by atoms with Gasteiger partial charge < -0.3 is 25.9 Å². The smallest absolute Gasteiger partial charge is 0.0666 e. The summed E-state index contributed by atoms with van der Waals surface area (Å²) in [5.74, 6) is 4.39. The number of piperidine rings is 5. The predicted molar refractivity (Wildman–Crippen MR) is 338 cm³/mol. The lowest BCUT2D eigenvalue weighted by Crippen LogP contribution is -2.65. The Morgan fingerprint density at radius 3 is 1.40 bits per heavy atom. The quantitative estimate of drug-likeness (QED) is 0.237. The molecule has 77 heavy (non-hydrogen) atoms. The van der Waals surface area contributed by atoms with Crippen molar-refractivity contribution in [2.75, 3.05) is 33.5 Å². The third-order valence-electron chi connectivity index (χ3n) is 21.7. The molecule has 0 aromatic heterocycles. The zero-order chi connectivity index (χ0) is 56.5. The van der Waals surface area contributed by atoms with Gasteiger partial charge in [-0.15, -0.1) is 0 Å². The number of hydroxylamine groups is 4. The topological polar surface area (TPSA) is 80.7 Å². The standard InChI is InChI=1S/C14H29N.C13H20N2O.C13H26N2.C13H27N.C12H21NO.3CH4/c1-12(2,3)11-9-13(4,5)15(8)14(6,7)10-11;1-12(2)10-7-6-9(14-5)8-11(10)13(3,4)15(12)16;1-13(2,3)14-10-8-11-6-5-7-12(9-10)15(11)4;1-11(2,3)10-9-12(4,5)14(8)13(10,6)7;1-3-11-8-4-10-5-9(11)7-12(2,6-8)13(10)14;;;/h11H,9-10H2,1-8H3;6-8,14,16H,1-5H3;10-12,14H,5-9H2,1-4H3;10H,9H2,1-8H3;8-11,14H,3-7H2,1-2H3;3*1H4/t;;10?,11-,12?;;;;;/m..0...../s1. The van der Waals surface area contributed by atoms with Crippen LogP contribution in [-0.2, 0) is 11.1 Å². The van der Waals surface area contributed by atoms with Gasteiger partial charge in [0, 0.05) is 70.1 Å². The lowest BCUT2D eigenvalue weighted by atomic mass is 9.54. The second-order valence-corrected chi connectivity index (χ2v) is 32.7. The molecule has 454 valence electrons. The maximum Gasteiger partial charge on any atom is 0.0666 e. The first kappa shape index (κ1) is 71.8. The van der Waals surface area contributed by atoms with E-state index in [0.29, 0.717) is 39.0 Å². The Labute approximate surface area is 480 Å². The highest BCUT2D eigenvalue weighted by atomic mass is 16.5. The Morgan fingerprint density at radius 2 is 1.04 bits per heavy atom. The lowest BCUT2D eigenvalue weighted by molar-refractivity contribution is -0.281. The molecule has 7 aliphatic heterocycles. The van der Waals surface area contributed by atoms with Crippen molar-refractivity contribution in [3.05, 3.63) is 29.3 Å². The van der Waals surface area contributed by atoms with Gasteiger partial charge in [0.05, 0.1) is 11.1 Å². The largest absolute Gasteiger partial charge is 0.388 e. The second kappa shape index (κ2) is 24.9. The first-order valence-corrected chi connectivity index (χ1v) is 30.1. The van der Waals surface area contributed by atoms with Gasteiger partial charge in [-0.3, -0.25) is 9.80 Å². The molecular weight excluding hydrogens is 947 g/mol. The second-order valence-electron chi connectivity index (χ2n) is 32.7. The van der Waals surface area contributed by atoms with Crippen LogP contribution in [0.1, 0.15) is 276 Å². The molecule has 2 aliphatic carbocycles. The Kier molecular flexibility index (Phi) is 23.2. The minimum atomic E-state index is -0.342. The summed E-state index contributed by atoms with van der Waals surface area (Å²) in [5, 5.41) is 30.4. The van der Waals surface area contributed by atoms with Gasteiger partial charge in [0.2, 0.25) is 0 Å². The molecule has 1 aromatic carbocycles. The average Bonchev–Trinajstić information content (AvgIpc) is 3.50. The molecule has 5 unspecified atom stereocenters. The number of nitrogens with zero attached hydrogens (tertiary/aromatic N) is 5. The first-order chi connectivity index (χ1) is 33.4. The number of benzene rings is 1. The van der Waals surface area contributed by atoms with Gasteiger partial charge >= 0.3 is 0 Å². The van der Waals surface area contributed by atoms with Gasteiger partial charge in [0.15, 0.2) is 0 Å². The van der Waals surface area contributed by atoms with Gasteiger partial charge in [0.25, 0.3) is 0 Å². The third kappa shape index (κ3) is 15.5. The highest BCUT2D eigenvalue weighted by Gasteiger charge is 2.57. The summed E-state index contributed by atoms with van der Waals surface area (Å²) in [6.07, 6.45) is 17.2. The van der Waals surface area contributed by atoms with Crippen LogP contribution >= 0.6 is 0 Å². The van der Waals surface area contributed by atoms with E-state index in [0.717, 1.165) is 53.4 Å². The van der Waals surface area contributed by atoms with Gasteiger partial charge in [0.1, 0.15) is 0 Å². The summed E-state index contributed by atoms with van der Waals surface area (Å²) in [5.41, 5.74) is 5.38. The van der Waals surface area contributed by atoms with Crippen LogP contribution in [0.5, 0.6) is 0 Å². The van der Waals surface area contributed by atoms with Crippen molar-refractivity contribution in [2.24, 2.45) is 40.4 Å². The molecule has 6 bridgehead atoms. The number of likely N-dealkylation sites (tertiary alicyclic amines) is 2. The average molecular weight is 1080 g/mol. The first-order valence-electron chi connectivity index (χ1n) is 30.1. The van der Waals surface area contributed by atoms with Crippen LogP contribution in [0.3, 0.4) is 0 Å². The number of anilines is 1. The molecule has 7 heterocycles. The van der Waals surface area contributed by atoms with E-state index in [9.17, 15) is 10.4 Å². The molecule has 8 fully saturated rings. The minimum Gasteiger partial charge on any atom is -0.388 e. The molecule has 0 spiro atoms. The van der Waals surface area contributed by atoms with Gasteiger partial charge in [-0.1, -0.05) is 89.7 Å². The fourth-order valence-electron chi connectivity index (χ4n) is 17.0. The lowest BCUT2D eigenvalue weighted by Gasteiger charge is -2.62. The number of fused-ring (bicyclic) bond motifs is 3. The molecule has 9 aliphatic rings. The van der Waals surface area contributed by atoms with Crippen molar-refractivity contribution < 1.29 is 10.4 Å². The number of hydrogen-bond acceptors (Lipinski definition) is 9. The highest BCUT2D eigenvalue weighted by molar-refractivity contribution is 5.54. The summed E-state index contributed by atoms with van der Waals surface area (Å²) in [6.45, 7) is 52.9. The summed E-state index contributed by atoms with van der Waals surface area (Å²) in [4.78, 5) is 7.74. The van der Waals surface area contributed by atoms with Crippen molar-refractivity contribution >= 4 is 5.69 Å². The third-order valence-corrected chi connectivity index (χ3v) is 21.7. The van der Waals surface area contributed by atoms with E-state index in [1.807, 2.05) is 34.7 Å². The highest BCUT2D eigenvalue weighted by Crippen LogP contribution is 2.57. The molecule has 1 aromatic rings. The number of hydrogen-bond donors (Lipinski definition) is 4. The van der Waals surface area contributed by atoms with E-state index in [1.54, 1.807) is 5.06 Å². The van der Waals surface area contributed by atoms with Crippen LogP contribution < -0.4 is 10.6 Å². The monoisotopic (exact) mass is 1080 g/mol. The molecule has 0 radical (unpaired) electrons. The fraction of sp³-hybridized carbons (Fsp3) is 0.912. The Balaban J connectivity index is 0.000000326.